The van der Waals surface area contributed by atoms with E-state index in [4.69, 9.17) is 0 Å². The van der Waals surface area contributed by atoms with Crippen LogP contribution in [0.2, 0.25) is 0 Å². The van der Waals surface area contributed by atoms with E-state index < -0.39 is 0 Å². The van der Waals surface area contributed by atoms with Gasteiger partial charge in [0.05, 0.1) is 5.70 Å². The van der Waals surface area contributed by atoms with E-state index in [9.17, 15) is 0 Å². The van der Waals surface area contributed by atoms with Crippen LogP contribution in [0.1, 0.15) is 20.8 Å². The van der Waals surface area contributed by atoms with Gasteiger partial charge in [0.25, 0.3) is 0 Å². The van der Waals surface area contributed by atoms with Crippen molar-refractivity contribution in [3.8, 4) is 0 Å². The lowest BCUT2D eigenvalue weighted by Crippen LogP contribution is -2.29. The highest BCUT2D eigenvalue weighted by molar-refractivity contribution is 5.72. The number of allylic oxidation sites excluding steroid dienone is 3. The summed E-state index contributed by atoms with van der Waals surface area (Å²) in [6.07, 6.45) is 7.62. The van der Waals surface area contributed by atoms with Gasteiger partial charge in [0.1, 0.15) is 0 Å². The summed E-state index contributed by atoms with van der Waals surface area (Å²) in [5.74, 6) is 0. The van der Waals surface area contributed by atoms with E-state index in [1.165, 1.54) is 0 Å². The van der Waals surface area contributed by atoms with Crippen molar-refractivity contribution in [2.75, 3.05) is 7.05 Å². The van der Waals surface area contributed by atoms with E-state index in [0.29, 0.717) is 0 Å². The minimum atomic E-state index is 1.06. The summed E-state index contributed by atoms with van der Waals surface area (Å²) in [6, 6.07) is 0. The highest BCUT2D eigenvalue weighted by Crippen LogP contribution is 2.05. The standard InChI is InChI=1S/C7H11N3.C2H6/c1-3-7-5-4-6-9-10(7)8-2;1-2/h3-6,8H,1-2H3;1-2H3/b7-3-;. The first-order valence-electron chi connectivity index (χ1n) is 4.23. The van der Waals surface area contributed by atoms with Crippen LogP contribution in [0.4, 0.5) is 0 Å². The molecule has 0 spiro atoms. The normalized spacial score (nSPS) is 17.7. The smallest absolute Gasteiger partial charge is 0.0736 e. The Labute approximate surface area is 74.4 Å². The van der Waals surface area contributed by atoms with Crippen LogP contribution in [0.5, 0.6) is 0 Å². The third kappa shape index (κ3) is 2.88. The maximum Gasteiger partial charge on any atom is 0.0736 e. The Hall–Kier alpha value is -1.09. The van der Waals surface area contributed by atoms with Gasteiger partial charge in [0, 0.05) is 13.3 Å². The molecular formula is C9H17N3. The summed E-state index contributed by atoms with van der Waals surface area (Å²) in [7, 11) is 1.83. The molecule has 1 aliphatic rings. The lowest BCUT2D eigenvalue weighted by atomic mass is 10.3. The average molecular weight is 167 g/mol. The predicted octanol–water partition coefficient (Wildman–Crippen LogP) is 1.91. The molecule has 0 amide bonds. The lowest BCUT2D eigenvalue weighted by Gasteiger charge is -2.19. The van der Waals surface area contributed by atoms with Crippen LogP contribution in [0.25, 0.3) is 0 Å². The highest BCUT2D eigenvalue weighted by Gasteiger charge is 2.01. The van der Waals surface area contributed by atoms with Crippen molar-refractivity contribution < 1.29 is 0 Å². The largest absolute Gasteiger partial charge is 0.216 e. The molecule has 68 valence electrons. The molecule has 0 aromatic rings. The summed E-state index contributed by atoms with van der Waals surface area (Å²) in [5, 5.41) is 5.75. The van der Waals surface area contributed by atoms with Crippen molar-refractivity contribution in [3.05, 3.63) is 23.9 Å². The number of hydrazine groups is 1. The second-order valence-corrected chi connectivity index (χ2v) is 1.87. The summed E-state index contributed by atoms with van der Waals surface area (Å²) in [4.78, 5) is 0. The number of hydrogen-bond acceptors (Lipinski definition) is 3. The molecule has 1 N–H and O–H groups in total. The van der Waals surface area contributed by atoms with E-state index in [1.54, 1.807) is 11.3 Å². The number of nitrogens with one attached hydrogen (secondary N) is 1. The van der Waals surface area contributed by atoms with E-state index in [-0.39, 0.29) is 0 Å². The number of hydrogen-bond donors (Lipinski definition) is 1. The lowest BCUT2D eigenvalue weighted by molar-refractivity contribution is 0.294. The van der Waals surface area contributed by atoms with Crippen LogP contribution in [0, 0.1) is 0 Å². The Morgan fingerprint density at radius 2 is 2.17 bits per heavy atom. The van der Waals surface area contributed by atoms with Gasteiger partial charge in [-0.05, 0) is 19.1 Å². The highest BCUT2D eigenvalue weighted by atomic mass is 15.7. The molecule has 0 radical (unpaired) electrons. The van der Waals surface area contributed by atoms with Gasteiger partial charge < -0.3 is 0 Å². The predicted molar refractivity (Wildman–Crippen MR) is 53.6 cm³/mol. The molecule has 0 aromatic carbocycles. The van der Waals surface area contributed by atoms with Gasteiger partial charge >= 0.3 is 0 Å². The van der Waals surface area contributed by atoms with E-state index in [0.717, 1.165) is 5.70 Å². The third-order valence-electron chi connectivity index (χ3n) is 1.29. The zero-order valence-electron chi connectivity index (χ0n) is 8.20. The molecular weight excluding hydrogens is 150 g/mol. The Bertz CT molecular complexity index is 192. The number of rotatable bonds is 1. The fourth-order valence-electron chi connectivity index (χ4n) is 0.789. The van der Waals surface area contributed by atoms with Crippen molar-refractivity contribution in [1.29, 1.82) is 0 Å². The van der Waals surface area contributed by atoms with E-state index >= 15 is 0 Å². The van der Waals surface area contributed by atoms with Crippen molar-refractivity contribution in [3.63, 3.8) is 0 Å². The first-order valence-corrected chi connectivity index (χ1v) is 4.23. The molecule has 3 heteroatoms. The fraction of sp³-hybridized carbons (Fsp3) is 0.444. The Balaban J connectivity index is 0.000000561. The van der Waals surface area contributed by atoms with Crippen molar-refractivity contribution in [2.24, 2.45) is 5.10 Å². The van der Waals surface area contributed by atoms with E-state index in [2.05, 4.69) is 10.5 Å². The first kappa shape index (κ1) is 10.9. The molecule has 12 heavy (non-hydrogen) atoms. The van der Waals surface area contributed by atoms with Gasteiger partial charge in [0.2, 0.25) is 0 Å². The van der Waals surface area contributed by atoms with E-state index in [1.807, 2.05) is 46.0 Å². The summed E-state index contributed by atoms with van der Waals surface area (Å²) >= 11 is 0. The average Bonchev–Trinajstić information content (AvgIpc) is 2.20. The quantitative estimate of drug-likeness (QED) is 0.646. The molecule has 0 aromatic heterocycles. The topological polar surface area (TPSA) is 27.6 Å². The maximum atomic E-state index is 4.04. The van der Waals surface area contributed by atoms with Crippen molar-refractivity contribution in [2.45, 2.75) is 20.8 Å². The molecule has 1 heterocycles. The monoisotopic (exact) mass is 167 g/mol. The second-order valence-electron chi connectivity index (χ2n) is 1.87. The van der Waals surface area contributed by atoms with Gasteiger partial charge in [-0.1, -0.05) is 19.9 Å². The first-order chi connectivity index (χ1) is 5.88. The third-order valence-corrected chi connectivity index (χ3v) is 1.29. The van der Waals surface area contributed by atoms with Gasteiger partial charge in [-0.25, -0.2) is 5.43 Å². The van der Waals surface area contributed by atoms with Crippen LogP contribution in [0.3, 0.4) is 0 Å². The van der Waals surface area contributed by atoms with Crippen LogP contribution in [-0.4, -0.2) is 18.4 Å². The molecule has 1 rings (SSSR count). The summed E-state index contributed by atoms with van der Waals surface area (Å²) < 4.78 is 0. The van der Waals surface area contributed by atoms with Crippen LogP contribution < -0.4 is 5.43 Å². The molecule has 0 saturated carbocycles. The minimum absolute atomic E-state index is 1.06. The fourth-order valence-corrected chi connectivity index (χ4v) is 0.789. The minimum Gasteiger partial charge on any atom is -0.216 e. The SMILES string of the molecule is C/C=C1/C=CC=NN1NC.CC. The summed E-state index contributed by atoms with van der Waals surface area (Å²) in [5.41, 5.74) is 3.98. The second kappa shape index (κ2) is 6.61. The molecule has 0 aliphatic carbocycles. The molecule has 1 aliphatic heterocycles. The van der Waals surface area contributed by atoms with Crippen molar-refractivity contribution in [1.82, 2.24) is 10.5 Å². The van der Waals surface area contributed by atoms with Gasteiger partial charge in [-0.3, -0.25) is 0 Å². The zero-order chi connectivity index (χ0) is 9.40. The van der Waals surface area contributed by atoms with Crippen LogP contribution in [-0.2, 0) is 0 Å². The molecule has 0 saturated heterocycles. The maximum absolute atomic E-state index is 4.04. The van der Waals surface area contributed by atoms with Crippen LogP contribution in [0.15, 0.2) is 29.0 Å². The van der Waals surface area contributed by atoms with Crippen molar-refractivity contribution >= 4 is 6.21 Å². The molecule has 0 unspecified atom stereocenters. The Morgan fingerprint density at radius 3 is 2.58 bits per heavy atom. The van der Waals surface area contributed by atoms with Gasteiger partial charge in [0.15, 0.2) is 0 Å². The summed E-state index contributed by atoms with van der Waals surface area (Å²) in [6.45, 7) is 5.98. The van der Waals surface area contributed by atoms with Crippen LogP contribution >= 0.6 is 0 Å². The molecule has 0 bridgehead atoms. The number of hydrazone groups is 1. The van der Waals surface area contributed by atoms with Gasteiger partial charge in [-0.2, -0.15) is 10.2 Å². The number of nitrogens with zero attached hydrogens (tertiary/aromatic N) is 2. The van der Waals surface area contributed by atoms with Gasteiger partial charge in [-0.15, -0.1) is 0 Å². The molecule has 3 nitrogen and oxygen atoms in total. The zero-order valence-corrected chi connectivity index (χ0v) is 8.20. The Morgan fingerprint density at radius 1 is 1.50 bits per heavy atom. The molecule has 0 atom stereocenters. The molecule has 0 fully saturated rings. The Kier molecular flexibility index (Phi) is 6.01.